The Kier molecular flexibility index (Phi) is 5.81. The lowest BCUT2D eigenvalue weighted by Gasteiger charge is -2.48. The number of sulfonamides is 1. The minimum absolute atomic E-state index is 0.153. The minimum atomic E-state index is -5.08. The van der Waals surface area contributed by atoms with Crippen molar-refractivity contribution in [2.45, 2.75) is 19.5 Å². The number of pyridine rings is 1. The molecular formula is C15H20F3N3O4S. The first-order valence-corrected chi connectivity index (χ1v) is 9.54. The van der Waals surface area contributed by atoms with Crippen molar-refractivity contribution in [1.82, 2.24) is 9.29 Å². The molecule has 0 bridgehead atoms. The van der Waals surface area contributed by atoms with Crippen LogP contribution in [0.5, 0.6) is 0 Å². The third-order valence-electron chi connectivity index (χ3n) is 4.43. The third-order valence-corrected chi connectivity index (χ3v) is 6.26. The van der Waals surface area contributed by atoms with Gasteiger partial charge in [-0.2, -0.15) is 13.2 Å². The zero-order chi connectivity index (χ0) is 19.6. The standard InChI is InChI=1S/C13H19N3O2S.C2HF3O2/c1-2-19(17,18)16-8-6-13(11-16)9-15(10-13)12-5-3-4-7-14-12;3-2(4,5)1(6)7/h3-5,7H,2,6,8-11H2,1H3;(H,6,7). The number of aliphatic carboxylic acids is 1. The topological polar surface area (TPSA) is 90.8 Å². The zero-order valence-electron chi connectivity index (χ0n) is 14.1. The van der Waals surface area contributed by atoms with Crippen molar-refractivity contribution in [3.05, 3.63) is 24.4 Å². The first-order chi connectivity index (χ1) is 12.0. The fourth-order valence-corrected chi connectivity index (χ4v) is 4.24. The fourth-order valence-electron chi connectivity index (χ4n) is 3.04. The number of carbonyl (C=O) groups is 1. The van der Waals surface area contributed by atoms with Crippen molar-refractivity contribution in [3.8, 4) is 0 Å². The molecule has 1 spiro atoms. The smallest absolute Gasteiger partial charge is 0.475 e. The van der Waals surface area contributed by atoms with Gasteiger partial charge in [0, 0.05) is 37.8 Å². The number of nitrogens with zero attached hydrogens (tertiary/aromatic N) is 3. The third kappa shape index (κ3) is 4.64. The first-order valence-electron chi connectivity index (χ1n) is 7.93. The van der Waals surface area contributed by atoms with Crippen LogP contribution in [0.4, 0.5) is 19.0 Å². The van der Waals surface area contributed by atoms with Gasteiger partial charge in [0.1, 0.15) is 5.82 Å². The van der Waals surface area contributed by atoms with Crippen LogP contribution in [0.15, 0.2) is 24.4 Å². The van der Waals surface area contributed by atoms with E-state index >= 15 is 0 Å². The molecule has 2 aliphatic rings. The van der Waals surface area contributed by atoms with Gasteiger partial charge in [0.25, 0.3) is 0 Å². The average molecular weight is 395 g/mol. The van der Waals surface area contributed by atoms with E-state index in [1.165, 1.54) is 0 Å². The minimum Gasteiger partial charge on any atom is -0.475 e. The summed E-state index contributed by atoms with van der Waals surface area (Å²) in [6.45, 7) is 4.89. The highest BCUT2D eigenvalue weighted by atomic mass is 32.2. The number of hydrogen-bond donors (Lipinski definition) is 1. The molecule has 3 heterocycles. The van der Waals surface area contributed by atoms with Gasteiger partial charge in [-0.15, -0.1) is 0 Å². The van der Waals surface area contributed by atoms with Gasteiger partial charge in [-0.3, -0.25) is 0 Å². The van der Waals surface area contributed by atoms with Gasteiger partial charge in [0.2, 0.25) is 10.0 Å². The quantitative estimate of drug-likeness (QED) is 0.836. The molecule has 3 rings (SSSR count). The van der Waals surface area contributed by atoms with E-state index in [0.717, 1.165) is 25.3 Å². The molecule has 2 fully saturated rings. The van der Waals surface area contributed by atoms with Gasteiger partial charge in [-0.05, 0) is 25.5 Å². The maximum Gasteiger partial charge on any atom is 0.490 e. The highest BCUT2D eigenvalue weighted by Crippen LogP contribution is 2.41. The number of carboxylic acid groups (broad SMARTS) is 1. The van der Waals surface area contributed by atoms with Gasteiger partial charge < -0.3 is 10.0 Å². The SMILES string of the molecule is CCS(=O)(=O)N1CCC2(CN(c3ccccn3)C2)C1.O=C(O)C(F)(F)F. The molecule has 0 saturated carbocycles. The molecular weight excluding hydrogens is 375 g/mol. The van der Waals surface area contributed by atoms with Crippen molar-refractivity contribution in [1.29, 1.82) is 0 Å². The highest BCUT2D eigenvalue weighted by Gasteiger charge is 2.50. The van der Waals surface area contributed by atoms with E-state index in [9.17, 15) is 21.6 Å². The van der Waals surface area contributed by atoms with Crippen LogP contribution >= 0.6 is 0 Å². The van der Waals surface area contributed by atoms with Gasteiger partial charge in [0.15, 0.2) is 0 Å². The second-order valence-electron chi connectivity index (χ2n) is 6.33. The average Bonchev–Trinajstić information content (AvgIpc) is 3.00. The molecule has 1 N–H and O–H groups in total. The molecule has 0 unspecified atom stereocenters. The second kappa shape index (κ2) is 7.39. The number of carboxylic acids is 1. The number of rotatable bonds is 3. The van der Waals surface area contributed by atoms with Gasteiger partial charge in [-0.1, -0.05) is 6.07 Å². The Morgan fingerprint density at radius 3 is 2.38 bits per heavy atom. The summed E-state index contributed by atoms with van der Waals surface area (Å²) in [7, 11) is -3.03. The molecule has 2 saturated heterocycles. The number of alkyl halides is 3. The summed E-state index contributed by atoms with van der Waals surface area (Å²) >= 11 is 0. The van der Waals surface area contributed by atoms with Crippen molar-refractivity contribution >= 4 is 21.8 Å². The number of halogens is 3. The lowest BCUT2D eigenvalue weighted by atomic mass is 9.79. The predicted octanol–water partition coefficient (Wildman–Crippen LogP) is 1.58. The Labute approximate surface area is 149 Å². The summed E-state index contributed by atoms with van der Waals surface area (Å²) in [4.78, 5) is 15.5. The molecule has 0 aromatic carbocycles. The fraction of sp³-hybridized carbons (Fsp3) is 0.600. The highest BCUT2D eigenvalue weighted by molar-refractivity contribution is 7.89. The van der Waals surface area contributed by atoms with Crippen LogP contribution in [0.2, 0.25) is 0 Å². The molecule has 0 amide bonds. The molecule has 1 aromatic heterocycles. The van der Waals surface area contributed by atoms with Crippen LogP contribution in [0, 0.1) is 5.41 Å². The normalized spacial score (nSPS) is 19.6. The molecule has 0 radical (unpaired) electrons. The van der Waals surface area contributed by atoms with E-state index in [0.29, 0.717) is 13.1 Å². The molecule has 7 nitrogen and oxygen atoms in total. The Morgan fingerprint density at radius 1 is 1.31 bits per heavy atom. The van der Waals surface area contributed by atoms with E-state index in [1.807, 2.05) is 18.2 Å². The first kappa shape index (κ1) is 20.4. The summed E-state index contributed by atoms with van der Waals surface area (Å²) < 4.78 is 57.2. The van der Waals surface area contributed by atoms with Crippen LogP contribution < -0.4 is 4.90 Å². The number of anilines is 1. The summed E-state index contributed by atoms with van der Waals surface area (Å²) in [5, 5.41) is 7.12. The summed E-state index contributed by atoms with van der Waals surface area (Å²) in [6, 6.07) is 5.89. The van der Waals surface area contributed by atoms with Gasteiger partial charge in [0.05, 0.1) is 5.75 Å². The van der Waals surface area contributed by atoms with Crippen LogP contribution in [0.25, 0.3) is 0 Å². The maximum absolute atomic E-state index is 11.9. The van der Waals surface area contributed by atoms with Crippen LogP contribution in [0.1, 0.15) is 13.3 Å². The van der Waals surface area contributed by atoms with E-state index in [4.69, 9.17) is 9.90 Å². The second-order valence-corrected chi connectivity index (χ2v) is 8.59. The number of hydrogen-bond acceptors (Lipinski definition) is 5. The predicted molar refractivity (Wildman–Crippen MR) is 88.2 cm³/mol. The molecule has 2 aliphatic heterocycles. The van der Waals surface area contributed by atoms with Crippen molar-refractivity contribution in [2.24, 2.45) is 5.41 Å². The van der Waals surface area contributed by atoms with Crippen molar-refractivity contribution in [3.63, 3.8) is 0 Å². The molecule has 11 heteroatoms. The van der Waals surface area contributed by atoms with Crippen LogP contribution in [0.3, 0.4) is 0 Å². The molecule has 26 heavy (non-hydrogen) atoms. The van der Waals surface area contributed by atoms with Crippen LogP contribution in [-0.4, -0.2) is 66.9 Å². The Morgan fingerprint density at radius 2 is 1.92 bits per heavy atom. The van der Waals surface area contributed by atoms with Crippen molar-refractivity contribution < 1.29 is 31.5 Å². The van der Waals surface area contributed by atoms with E-state index in [1.54, 1.807) is 17.4 Å². The molecule has 0 atom stereocenters. The summed E-state index contributed by atoms with van der Waals surface area (Å²) in [5.41, 5.74) is 0.153. The summed E-state index contributed by atoms with van der Waals surface area (Å²) in [5.74, 6) is -1.56. The summed E-state index contributed by atoms with van der Waals surface area (Å²) in [6.07, 6.45) is -2.32. The Hall–Kier alpha value is -1.88. The monoisotopic (exact) mass is 395 g/mol. The molecule has 0 aliphatic carbocycles. The van der Waals surface area contributed by atoms with Crippen molar-refractivity contribution in [2.75, 3.05) is 36.8 Å². The van der Waals surface area contributed by atoms with Gasteiger partial charge >= 0.3 is 12.1 Å². The van der Waals surface area contributed by atoms with E-state index in [2.05, 4.69) is 9.88 Å². The van der Waals surface area contributed by atoms with Gasteiger partial charge in [-0.25, -0.2) is 22.5 Å². The van der Waals surface area contributed by atoms with Crippen LogP contribution in [-0.2, 0) is 14.8 Å². The van der Waals surface area contributed by atoms with E-state index < -0.39 is 22.2 Å². The number of aromatic nitrogens is 1. The lowest BCUT2D eigenvalue weighted by molar-refractivity contribution is -0.192. The molecule has 1 aromatic rings. The Bertz CT molecular complexity index is 734. The van der Waals surface area contributed by atoms with E-state index in [-0.39, 0.29) is 11.2 Å². The largest absolute Gasteiger partial charge is 0.490 e. The molecule has 146 valence electrons. The zero-order valence-corrected chi connectivity index (χ0v) is 14.9. The maximum atomic E-state index is 11.9. The Balaban J connectivity index is 0.000000298. The lowest BCUT2D eigenvalue weighted by Crippen LogP contribution is -2.58.